The van der Waals surface area contributed by atoms with Crippen molar-refractivity contribution in [2.24, 2.45) is 0 Å². The number of aromatic nitrogens is 2. The first-order valence-electron chi connectivity index (χ1n) is 9.21. The highest BCUT2D eigenvalue weighted by molar-refractivity contribution is 5.92. The van der Waals surface area contributed by atoms with Crippen LogP contribution in [0.2, 0.25) is 0 Å². The van der Waals surface area contributed by atoms with E-state index < -0.39 is 0 Å². The van der Waals surface area contributed by atoms with Crippen LogP contribution in [-0.2, 0) is 6.54 Å². The molecular weight excluding hydrogens is 336 g/mol. The number of hydrogen-bond donors (Lipinski definition) is 0. The van der Waals surface area contributed by atoms with E-state index in [2.05, 4.69) is 22.1 Å². The van der Waals surface area contributed by atoms with Crippen molar-refractivity contribution in [3.05, 3.63) is 84.2 Å². The van der Waals surface area contributed by atoms with Crippen molar-refractivity contribution in [3.8, 4) is 0 Å². The highest BCUT2D eigenvalue weighted by atomic mass is 16.2. The molecule has 0 unspecified atom stereocenters. The fourth-order valence-electron chi connectivity index (χ4n) is 2.92. The van der Waals surface area contributed by atoms with Crippen LogP contribution in [0, 0.1) is 0 Å². The average molecular weight is 360 g/mol. The minimum Gasteiger partial charge on any atom is -0.338 e. The SMILES string of the molecule is CCN(CC)C(=O)c1ccnc(N(Cc2ccccc2)c2ccccc2)n1. The van der Waals surface area contributed by atoms with Crippen molar-refractivity contribution in [3.63, 3.8) is 0 Å². The largest absolute Gasteiger partial charge is 0.338 e. The van der Waals surface area contributed by atoms with E-state index in [1.54, 1.807) is 17.2 Å². The number of carbonyl (C=O) groups is 1. The highest BCUT2D eigenvalue weighted by Crippen LogP contribution is 2.24. The third-order valence-electron chi connectivity index (χ3n) is 4.41. The predicted molar refractivity (Wildman–Crippen MR) is 108 cm³/mol. The second-order valence-electron chi connectivity index (χ2n) is 6.13. The number of hydrogen-bond acceptors (Lipinski definition) is 4. The van der Waals surface area contributed by atoms with Gasteiger partial charge in [0, 0.05) is 25.0 Å². The highest BCUT2D eigenvalue weighted by Gasteiger charge is 2.18. The van der Waals surface area contributed by atoms with Gasteiger partial charge in [-0.2, -0.15) is 0 Å². The van der Waals surface area contributed by atoms with Crippen molar-refractivity contribution < 1.29 is 4.79 Å². The van der Waals surface area contributed by atoms with Gasteiger partial charge in [0.2, 0.25) is 5.95 Å². The number of carbonyl (C=O) groups excluding carboxylic acids is 1. The molecule has 3 aromatic rings. The van der Waals surface area contributed by atoms with E-state index in [9.17, 15) is 4.79 Å². The fourth-order valence-corrected chi connectivity index (χ4v) is 2.92. The van der Waals surface area contributed by atoms with Crippen LogP contribution in [0.25, 0.3) is 0 Å². The molecule has 138 valence electrons. The molecular formula is C22H24N4O. The van der Waals surface area contributed by atoms with E-state index >= 15 is 0 Å². The number of para-hydroxylation sites is 1. The average Bonchev–Trinajstić information content (AvgIpc) is 2.74. The summed E-state index contributed by atoms with van der Waals surface area (Å²) in [7, 11) is 0. The minimum absolute atomic E-state index is 0.0728. The Labute approximate surface area is 160 Å². The molecule has 5 heteroatoms. The van der Waals surface area contributed by atoms with E-state index in [-0.39, 0.29) is 5.91 Å². The topological polar surface area (TPSA) is 49.3 Å². The molecule has 2 aromatic carbocycles. The maximum Gasteiger partial charge on any atom is 0.272 e. The first kappa shape index (κ1) is 18.6. The third kappa shape index (κ3) is 4.50. The van der Waals surface area contributed by atoms with E-state index in [0.29, 0.717) is 31.3 Å². The molecule has 3 rings (SSSR count). The molecule has 27 heavy (non-hydrogen) atoms. The first-order valence-corrected chi connectivity index (χ1v) is 9.21. The maximum absolute atomic E-state index is 12.7. The Kier molecular flexibility index (Phi) is 6.15. The molecule has 0 N–H and O–H groups in total. The first-order chi connectivity index (χ1) is 13.2. The molecule has 1 amide bonds. The molecule has 0 aliphatic rings. The molecule has 0 atom stereocenters. The molecule has 0 aliphatic carbocycles. The van der Waals surface area contributed by atoms with Gasteiger partial charge in [0.1, 0.15) is 5.69 Å². The summed E-state index contributed by atoms with van der Waals surface area (Å²) in [6, 6.07) is 21.8. The summed E-state index contributed by atoms with van der Waals surface area (Å²) in [5, 5.41) is 0. The lowest BCUT2D eigenvalue weighted by Gasteiger charge is -2.24. The molecule has 1 aromatic heterocycles. The van der Waals surface area contributed by atoms with Gasteiger partial charge in [0.25, 0.3) is 5.91 Å². The van der Waals surface area contributed by atoms with Crippen LogP contribution < -0.4 is 4.90 Å². The van der Waals surface area contributed by atoms with Crippen LogP contribution in [-0.4, -0.2) is 33.9 Å². The summed E-state index contributed by atoms with van der Waals surface area (Å²) in [4.78, 5) is 25.5. The summed E-state index contributed by atoms with van der Waals surface area (Å²) in [5.41, 5.74) is 2.54. The van der Waals surface area contributed by atoms with Crippen LogP contribution in [0.4, 0.5) is 11.6 Å². The number of nitrogens with zero attached hydrogens (tertiary/aromatic N) is 4. The number of benzene rings is 2. The van der Waals surface area contributed by atoms with Crippen molar-refractivity contribution in [2.75, 3.05) is 18.0 Å². The maximum atomic E-state index is 12.7. The second kappa shape index (κ2) is 8.94. The van der Waals surface area contributed by atoms with Gasteiger partial charge in [0.15, 0.2) is 0 Å². The molecule has 0 radical (unpaired) electrons. The van der Waals surface area contributed by atoms with Crippen LogP contribution in [0.3, 0.4) is 0 Å². The van der Waals surface area contributed by atoms with Crippen LogP contribution >= 0.6 is 0 Å². The van der Waals surface area contributed by atoms with Gasteiger partial charge in [-0.15, -0.1) is 0 Å². The molecule has 0 saturated carbocycles. The Morgan fingerprint density at radius 1 is 0.889 bits per heavy atom. The summed E-state index contributed by atoms with van der Waals surface area (Å²) >= 11 is 0. The van der Waals surface area contributed by atoms with Crippen LogP contribution in [0.1, 0.15) is 29.9 Å². The Hall–Kier alpha value is -3.21. The van der Waals surface area contributed by atoms with Gasteiger partial charge in [-0.3, -0.25) is 4.79 Å². The number of rotatable bonds is 7. The quantitative estimate of drug-likeness (QED) is 0.630. The predicted octanol–water partition coefficient (Wildman–Crippen LogP) is 4.30. The van der Waals surface area contributed by atoms with Crippen molar-refractivity contribution in [1.82, 2.24) is 14.9 Å². The third-order valence-corrected chi connectivity index (χ3v) is 4.41. The lowest BCUT2D eigenvalue weighted by molar-refractivity contribution is 0.0767. The standard InChI is InChI=1S/C22H24N4O/c1-3-25(4-2)21(27)20-15-16-23-22(24-20)26(19-13-9-6-10-14-19)17-18-11-7-5-8-12-18/h5-16H,3-4,17H2,1-2H3. The monoisotopic (exact) mass is 360 g/mol. The molecule has 1 heterocycles. The molecule has 0 fully saturated rings. The van der Waals surface area contributed by atoms with E-state index in [1.165, 1.54) is 0 Å². The molecule has 0 bridgehead atoms. The molecule has 0 aliphatic heterocycles. The van der Waals surface area contributed by atoms with E-state index in [4.69, 9.17) is 0 Å². The van der Waals surface area contributed by atoms with Crippen LogP contribution in [0.5, 0.6) is 0 Å². The Morgan fingerprint density at radius 2 is 1.52 bits per heavy atom. The van der Waals surface area contributed by atoms with Gasteiger partial charge >= 0.3 is 0 Å². The summed E-state index contributed by atoms with van der Waals surface area (Å²) in [6.45, 7) is 5.86. The minimum atomic E-state index is -0.0728. The fraction of sp³-hybridized carbons (Fsp3) is 0.227. The van der Waals surface area contributed by atoms with Gasteiger partial charge < -0.3 is 9.80 Å². The van der Waals surface area contributed by atoms with E-state index in [0.717, 1.165) is 11.3 Å². The number of amides is 1. The normalized spacial score (nSPS) is 10.4. The van der Waals surface area contributed by atoms with Gasteiger partial charge in [-0.05, 0) is 37.6 Å². The molecule has 5 nitrogen and oxygen atoms in total. The van der Waals surface area contributed by atoms with Gasteiger partial charge in [-0.25, -0.2) is 9.97 Å². The Balaban J connectivity index is 1.97. The van der Waals surface area contributed by atoms with Gasteiger partial charge in [0.05, 0.1) is 6.54 Å². The zero-order valence-corrected chi connectivity index (χ0v) is 15.7. The zero-order chi connectivity index (χ0) is 19.1. The van der Waals surface area contributed by atoms with Crippen LogP contribution in [0.15, 0.2) is 72.9 Å². The molecule has 0 spiro atoms. The molecule has 0 saturated heterocycles. The van der Waals surface area contributed by atoms with Gasteiger partial charge in [-0.1, -0.05) is 48.5 Å². The summed E-state index contributed by atoms with van der Waals surface area (Å²) < 4.78 is 0. The number of anilines is 2. The Bertz CT molecular complexity index is 864. The Morgan fingerprint density at radius 3 is 2.15 bits per heavy atom. The van der Waals surface area contributed by atoms with Crippen molar-refractivity contribution in [1.29, 1.82) is 0 Å². The van der Waals surface area contributed by atoms with E-state index in [1.807, 2.05) is 67.3 Å². The zero-order valence-electron chi connectivity index (χ0n) is 15.7. The van der Waals surface area contributed by atoms with Crippen molar-refractivity contribution in [2.45, 2.75) is 20.4 Å². The summed E-state index contributed by atoms with van der Waals surface area (Å²) in [6.07, 6.45) is 1.65. The summed E-state index contributed by atoms with van der Waals surface area (Å²) in [5.74, 6) is 0.444. The smallest absolute Gasteiger partial charge is 0.272 e. The second-order valence-corrected chi connectivity index (χ2v) is 6.13. The lowest BCUT2D eigenvalue weighted by atomic mass is 10.2. The lowest BCUT2D eigenvalue weighted by Crippen LogP contribution is -2.31. The van der Waals surface area contributed by atoms with Crippen molar-refractivity contribution >= 4 is 17.5 Å².